The van der Waals surface area contributed by atoms with Crippen molar-refractivity contribution in [2.75, 3.05) is 55.3 Å². The van der Waals surface area contributed by atoms with Crippen molar-refractivity contribution < 1.29 is 4.74 Å². The molecule has 2 saturated heterocycles. The van der Waals surface area contributed by atoms with Gasteiger partial charge in [-0.3, -0.25) is 4.90 Å². The van der Waals surface area contributed by atoms with Crippen LogP contribution in [0.4, 0.5) is 23.4 Å². The van der Waals surface area contributed by atoms with Crippen LogP contribution in [0.3, 0.4) is 0 Å². The number of hydrogen-bond acceptors (Lipinski definition) is 9. The first kappa shape index (κ1) is 20.7. The Hall–Kier alpha value is -3.24. The first-order valence-electron chi connectivity index (χ1n) is 11.2. The zero-order chi connectivity index (χ0) is 21.8. The summed E-state index contributed by atoms with van der Waals surface area (Å²) in [6, 6.07) is 10.2. The van der Waals surface area contributed by atoms with Crippen molar-refractivity contribution in [3.63, 3.8) is 0 Å². The van der Waals surface area contributed by atoms with Gasteiger partial charge in [0.05, 0.1) is 13.2 Å². The molecule has 5 rings (SSSR count). The third-order valence-corrected chi connectivity index (χ3v) is 5.85. The molecule has 0 unspecified atom stereocenters. The quantitative estimate of drug-likeness (QED) is 0.602. The zero-order valence-corrected chi connectivity index (χ0v) is 18.2. The minimum absolute atomic E-state index is 0.243. The Kier molecular flexibility index (Phi) is 6.13. The number of nitrogens with zero attached hydrogens (tertiary/aromatic N) is 7. The molecule has 3 aromatic rings. The number of rotatable bonds is 6. The van der Waals surface area contributed by atoms with E-state index in [1.54, 1.807) is 6.20 Å². The van der Waals surface area contributed by atoms with Gasteiger partial charge in [-0.05, 0) is 43.0 Å². The largest absolute Gasteiger partial charge is 0.379 e. The van der Waals surface area contributed by atoms with Crippen LogP contribution >= 0.6 is 0 Å². The summed E-state index contributed by atoms with van der Waals surface area (Å²) in [5.41, 5.74) is 8.29. The number of piperidine rings is 1. The van der Waals surface area contributed by atoms with Crippen molar-refractivity contribution >= 4 is 23.4 Å². The smallest absolute Gasteiger partial charge is 0.255 e. The monoisotopic (exact) mass is 435 g/mol. The number of benzene rings is 1. The Bertz CT molecular complexity index is 1020. The predicted octanol–water partition coefficient (Wildman–Crippen LogP) is 2.21. The molecule has 0 aliphatic carbocycles. The van der Waals surface area contributed by atoms with Crippen molar-refractivity contribution in [1.82, 2.24) is 29.6 Å². The van der Waals surface area contributed by atoms with Gasteiger partial charge >= 0.3 is 0 Å². The van der Waals surface area contributed by atoms with Crippen LogP contribution in [0.25, 0.3) is 5.95 Å². The number of morpholine rings is 1. The Morgan fingerprint density at radius 3 is 2.50 bits per heavy atom. The van der Waals surface area contributed by atoms with Crippen LogP contribution < -0.4 is 16.0 Å². The fourth-order valence-electron chi connectivity index (χ4n) is 4.10. The number of nitrogen functional groups attached to an aromatic ring is 1. The second-order valence-electron chi connectivity index (χ2n) is 8.18. The van der Waals surface area contributed by atoms with E-state index in [0.29, 0.717) is 11.9 Å². The number of nitrogens with one attached hydrogen (secondary N) is 1. The summed E-state index contributed by atoms with van der Waals surface area (Å²) in [5, 5.41) is 7.70. The number of nitrogens with two attached hydrogens (primary N) is 1. The Balaban J connectivity index is 1.26. The van der Waals surface area contributed by atoms with Gasteiger partial charge in [0.15, 0.2) is 0 Å². The van der Waals surface area contributed by atoms with E-state index in [1.807, 2.05) is 18.2 Å². The van der Waals surface area contributed by atoms with Gasteiger partial charge in [-0.2, -0.15) is 14.6 Å². The van der Waals surface area contributed by atoms with E-state index in [2.05, 4.69) is 47.3 Å². The highest BCUT2D eigenvalue weighted by Gasteiger charge is 2.16. The second kappa shape index (κ2) is 9.49. The molecule has 0 amide bonds. The van der Waals surface area contributed by atoms with Crippen LogP contribution in [-0.4, -0.2) is 69.0 Å². The third kappa shape index (κ3) is 4.81. The number of aromatic nitrogens is 5. The van der Waals surface area contributed by atoms with Crippen LogP contribution in [0.15, 0.2) is 36.5 Å². The number of ether oxygens (including phenoxy) is 1. The summed E-state index contributed by atoms with van der Waals surface area (Å²) in [5.74, 6) is 1.98. The standard InChI is InChI=1S/C22H29N9O/c23-20-27-21(25-18-6-4-17(5-7-18)16-29-12-14-32-15-13-29)28-31(20)22-24-9-8-19(26-22)30-10-2-1-3-11-30/h4-9H,1-3,10-16H2,(H3,23,25,27,28). The van der Waals surface area contributed by atoms with E-state index in [-0.39, 0.29) is 5.95 Å². The molecule has 2 aliphatic heterocycles. The Morgan fingerprint density at radius 2 is 1.72 bits per heavy atom. The summed E-state index contributed by atoms with van der Waals surface area (Å²) in [4.78, 5) is 18.0. The van der Waals surface area contributed by atoms with Gasteiger partial charge in [-0.25, -0.2) is 4.98 Å². The van der Waals surface area contributed by atoms with Gasteiger partial charge in [0, 0.05) is 44.6 Å². The molecule has 0 radical (unpaired) electrons. The molecule has 10 heteroatoms. The van der Waals surface area contributed by atoms with Gasteiger partial charge < -0.3 is 20.7 Å². The fraction of sp³-hybridized carbons (Fsp3) is 0.455. The van der Waals surface area contributed by atoms with Crippen molar-refractivity contribution in [3.8, 4) is 5.95 Å². The molecule has 0 atom stereocenters. The zero-order valence-electron chi connectivity index (χ0n) is 18.2. The summed E-state index contributed by atoms with van der Waals surface area (Å²) in [6.07, 6.45) is 5.38. The lowest BCUT2D eigenvalue weighted by atomic mass is 10.1. The average Bonchev–Trinajstić information content (AvgIpc) is 3.21. The minimum Gasteiger partial charge on any atom is -0.379 e. The summed E-state index contributed by atoms with van der Waals surface area (Å²) in [7, 11) is 0. The molecule has 0 spiro atoms. The van der Waals surface area contributed by atoms with E-state index in [9.17, 15) is 0 Å². The molecule has 3 N–H and O–H groups in total. The van der Waals surface area contributed by atoms with Crippen LogP contribution in [0.5, 0.6) is 0 Å². The maximum atomic E-state index is 6.12. The summed E-state index contributed by atoms with van der Waals surface area (Å²) in [6.45, 7) is 6.51. The number of hydrogen-bond donors (Lipinski definition) is 2. The highest BCUT2D eigenvalue weighted by atomic mass is 16.5. The fourth-order valence-corrected chi connectivity index (χ4v) is 4.10. The van der Waals surface area contributed by atoms with Crippen LogP contribution in [-0.2, 0) is 11.3 Å². The van der Waals surface area contributed by atoms with E-state index in [4.69, 9.17) is 10.5 Å². The van der Waals surface area contributed by atoms with Crippen molar-refractivity contribution in [2.24, 2.45) is 0 Å². The molecule has 2 aliphatic rings. The topological polar surface area (TPSA) is 110 Å². The SMILES string of the molecule is Nc1nc(Nc2ccc(CN3CCOCC3)cc2)nn1-c1nccc(N2CCCCC2)n1. The first-order valence-corrected chi connectivity index (χ1v) is 11.2. The number of anilines is 4. The maximum absolute atomic E-state index is 6.12. The van der Waals surface area contributed by atoms with Gasteiger partial charge in [0.1, 0.15) is 5.82 Å². The van der Waals surface area contributed by atoms with Gasteiger partial charge in [-0.15, -0.1) is 5.10 Å². The second-order valence-corrected chi connectivity index (χ2v) is 8.18. The molecule has 0 bridgehead atoms. The lowest BCUT2D eigenvalue weighted by Gasteiger charge is -2.27. The molecule has 1 aromatic carbocycles. The van der Waals surface area contributed by atoms with Crippen molar-refractivity contribution in [1.29, 1.82) is 0 Å². The molecular formula is C22H29N9O. The van der Waals surface area contributed by atoms with E-state index >= 15 is 0 Å². The van der Waals surface area contributed by atoms with E-state index < -0.39 is 0 Å². The molecule has 4 heterocycles. The molecular weight excluding hydrogens is 406 g/mol. The Morgan fingerprint density at radius 1 is 0.938 bits per heavy atom. The van der Waals surface area contributed by atoms with Crippen molar-refractivity contribution in [2.45, 2.75) is 25.8 Å². The van der Waals surface area contributed by atoms with E-state index in [0.717, 1.165) is 57.4 Å². The molecule has 2 fully saturated rings. The first-order chi connectivity index (χ1) is 15.7. The highest BCUT2D eigenvalue weighted by molar-refractivity contribution is 5.55. The average molecular weight is 436 g/mol. The van der Waals surface area contributed by atoms with Gasteiger partial charge in [0.2, 0.25) is 11.9 Å². The Labute approximate surface area is 187 Å². The van der Waals surface area contributed by atoms with Crippen LogP contribution in [0.2, 0.25) is 0 Å². The predicted molar refractivity (Wildman–Crippen MR) is 123 cm³/mol. The molecule has 0 saturated carbocycles. The summed E-state index contributed by atoms with van der Waals surface area (Å²) < 4.78 is 6.89. The van der Waals surface area contributed by atoms with Crippen LogP contribution in [0, 0.1) is 0 Å². The van der Waals surface area contributed by atoms with Gasteiger partial charge in [0.25, 0.3) is 5.95 Å². The molecule has 32 heavy (non-hydrogen) atoms. The van der Waals surface area contributed by atoms with Crippen LogP contribution in [0.1, 0.15) is 24.8 Å². The normalized spacial score (nSPS) is 17.4. The minimum atomic E-state index is 0.243. The van der Waals surface area contributed by atoms with Gasteiger partial charge in [-0.1, -0.05) is 12.1 Å². The molecule has 2 aromatic heterocycles. The van der Waals surface area contributed by atoms with E-state index in [1.165, 1.54) is 29.5 Å². The lowest BCUT2D eigenvalue weighted by molar-refractivity contribution is 0.0342. The third-order valence-electron chi connectivity index (χ3n) is 5.85. The highest BCUT2D eigenvalue weighted by Crippen LogP contribution is 2.20. The lowest BCUT2D eigenvalue weighted by Crippen LogP contribution is -2.35. The molecule has 168 valence electrons. The summed E-state index contributed by atoms with van der Waals surface area (Å²) >= 11 is 0. The van der Waals surface area contributed by atoms with Crippen molar-refractivity contribution in [3.05, 3.63) is 42.1 Å². The maximum Gasteiger partial charge on any atom is 0.255 e. The molecule has 10 nitrogen and oxygen atoms in total.